The van der Waals surface area contributed by atoms with E-state index in [9.17, 15) is 14.4 Å². The van der Waals surface area contributed by atoms with Crippen molar-refractivity contribution in [1.82, 2.24) is 10.2 Å². The molecule has 0 aromatic rings. The van der Waals surface area contributed by atoms with E-state index in [1.165, 1.54) is 4.90 Å². The topological polar surface area (TPSA) is 95.9 Å². The Bertz CT molecular complexity index is 382. The van der Waals surface area contributed by atoms with Gasteiger partial charge in [0.2, 0.25) is 0 Å². The summed E-state index contributed by atoms with van der Waals surface area (Å²) in [4.78, 5) is 35.6. The van der Waals surface area contributed by atoms with Gasteiger partial charge in [-0.2, -0.15) is 0 Å². The molecule has 2 N–H and O–H groups in total. The van der Waals surface area contributed by atoms with Crippen molar-refractivity contribution >= 4 is 18.0 Å². The number of carboxylic acids is 1. The van der Waals surface area contributed by atoms with E-state index in [0.29, 0.717) is 19.6 Å². The molecule has 1 saturated carbocycles. The van der Waals surface area contributed by atoms with Crippen LogP contribution in [0.5, 0.6) is 0 Å². The number of amides is 2. The van der Waals surface area contributed by atoms with Gasteiger partial charge >= 0.3 is 18.0 Å². The van der Waals surface area contributed by atoms with Crippen LogP contribution in [0.3, 0.4) is 0 Å². The van der Waals surface area contributed by atoms with Gasteiger partial charge in [0.15, 0.2) is 0 Å². The summed E-state index contributed by atoms with van der Waals surface area (Å²) in [6.07, 6.45) is 2.41. The molecule has 1 aliphatic carbocycles. The number of aliphatic carboxylic acids is 1. The molecule has 0 bridgehead atoms. The number of rotatable bonds is 9. The summed E-state index contributed by atoms with van der Waals surface area (Å²) in [5, 5.41) is 11.4. The number of carboxylic acid groups (broad SMARTS) is 1. The standard InChI is InChI=1S/C14H24N2O5/c1-3-21-13(19)9-16(11-5-6-11)14(20)15-8-10(2)4-7-12(17)18/h10-11H,3-9H2,1-2H3,(H,15,20)(H,17,18). The molecule has 2 amide bonds. The van der Waals surface area contributed by atoms with E-state index >= 15 is 0 Å². The number of nitrogens with zero attached hydrogens (tertiary/aromatic N) is 1. The van der Waals surface area contributed by atoms with Crippen LogP contribution in [0.2, 0.25) is 0 Å². The minimum atomic E-state index is -0.838. The fourth-order valence-electron chi connectivity index (χ4n) is 1.93. The van der Waals surface area contributed by atoms with E-state index in [4.69, 9.17) is 9.84 Å². The lowest BCUT2D eigenvalue weighted by atomic mass is 10.1. The Hall–Kier alpha value is -1.79. The van der Waals surface area contributed by atoms with Gasteiger partial charge in [0.05, 0.1) is 6.61 Å². The third kappa shape index (κ3) is 6.97. The van der Waals surface area contributed by atoms with E-state index in [1.807, 2.05) is 6.92 Å². The van der Waals surface area contributed by atoms with Gasteiger partial charge in [-0.1, -0.05) is 6.92 Å². The summed E-state index contributed by atoms with van der Waals surface area (Å²) < 4.78 is 4.87. The van der Waals surface area contributed by atoms with E-state index in [1.54, 1.807) is 6.92 Å². The lowest BCUT2D eigenvalue weighted by molar-refractivity contribution is -0.144. The number of carbonyl (C=O) groups excluding carboxylic acids is 2. The van der Waals surface area contributed by atoms with Crippen molar-refractivity contribution in [3.8, 4) is 0 Å². The maximum Gasteiger partial charge on any atom is 0.325 e. The average molecular weight is 300 g/mol. The molecule has 1 fully saturated rings. The van der Waals surface area contributed by atoms with Gasteiger partial charge in [-0.15, -0.1) is 0 Å². The molecule has 21 heavy (non-hydrogen) atoms. The molecule has 1 rings (SSSR count). The van der Waals surface area contributed by atoms with Crippen molar-refractivity contribution in [3.05, 3.63) is 0 Å². The molecule has 0 radical (unpaired) electrons. The zero-order valence-corrected chi connectivity index (χ0v) is 12.6. The second-order valence-corrected chi connectivity index (χ2v) is 5.39. The first kappa shape index (κ1) is 17.3. The Morgan fingerprint density at radius 3 is 2.57 bits per heavy atom. The monoisotopic (exact) mass is 300 g/mol. The number of nitrogens with one attached hydrogen (secondary N) is 1. The second kappa shape index (κ2) is 8.49. The van der Waals surface area contributed by atoms with Gasteiger partial charge in [-0.05, 0) is 32.1 Å². The zero-order valence-electron chi connectivity index (χ0n) is 12.6. The highest BCUT2D eigenvalue weighted by Gasteiger charge is 2.34. The summed E-state index contributed by atoms with van der Waals surface area (Å²) in [7, 11) is 0. The molecule has 0 saturated heterocycles. The summed E-state index contributed by atoms with van der Waals surface area (Å²) in [6, 6.07) is -0.170. The Morgan fingerprint density at radius 1 is 1.38 bits per heavy atom. The third-order valence-electron chi connectivity index (χ3n) is 3.31. The molecule has 0 aliphatic heterocycles. The van der Waals surface area contributed by atoms with Crippen molar-refractivity contribution in [2.75, 3.05) is 19.7 Å². The van der Waals surface area contributed by atoms with E-state index in [-0.39, 0.29) is 31.0 Å². The normalized spacial score (nSPS) is 15.1. The molecule has 1 atom stereocenters. The molecule has 0 aromatic carbocycles. The quantitative estimate of drug-likeness (QED) is 0.624. The summed E-state index contributed by atoms with van der Waals surface area (Å²) in [5.74, 6) is -1.16. The van der Waals surface area contributed by atoms with Crippen LogP contribution in [-0.4, -0.2) is 53.7 Å². The van der Waals surface area contributed by atoms with Gasteiger partial charge in [0.25, 0.3) is 0 Å². The maximum atomic E-state index is 12.1. The van der Waals surface area contributed by atoms with Crippen LogP contribution in [0.15, 0.2) is 0 Å². The van der Waals surface area contributed by atoms with Crippen molar-refractivity contribution in [2.45, 2.75) is 45.6 Å². The van der Waals surface area contributed by atoms with E-state index in [2.05, 4.69) is 5.32 Å². The van der Waals surface area contributed by atoms with Gasteiger partial charge in [0.1, 0.15) is 6.54 Å². The fraction of sp³-hybridized carbons (Fsp3) is 0.786. The predicted molar refractivity (Wildman–Crippen MR) is 75.8 cm³/mol. The van der Waals surface area contributed by atoms with Crippen LogP contribution in [0.4, 0.5) is 4.79 Å². The van der Waals surface area contributed by atoms with Crippen LogP contribution in [-0.2, 0) is 14.3 Å². The number of hydrogen-bond donors (Lipinski definition) is 2. The van der Waals surface area contributed by atoms with E-state index < -0.39 is 11.9 Å². The summed E-state index contributed by atoms with van der Waals surface area (Å²) in [5.41, 5.74) is 0. The first-order valence-corrected chi connectivity index (χ1v) is 7.35. The molecule has 0 spiro atoms. The number of carbonyl (C=O) groups is 3. The van der Waals surface area contributed by atoms with Crippen molar-refractivity contribution in [3.63, 3.8) is 0 Å². The zero-order chi connectivity index (χ0) is 15.8. The molecular weight excluding hydrogens is 276 g/mol. The minimum Gasteiger partial charge on any atom is -0.481 e. The smallest absolute Gasteiger partial charge is 0.325 e. The Morgan fingerprint density at radius 2 is 2.05 bits per heavy atom. The Labute approximate surface area is 124 Å². The highest BCUT2D eigenvalue weighted by Crippen LogP contribution is 2.26. The summed E-state index contributed by atoms with van der Waals surface area (Å²) in [6.45, 7) is 4.27. The van der Waals surface area contributed by atoms with Crippen molar-refractivity contribution in [1.29, 1.82) is 0 Å². The molecule has 1 aliphatic rings. The largest absolute Gasteiger partial charge is 0.481 e. The lowest BCUT2D eigenvalue weighted by Crippen LogP contribution is -2.45. The van der Waals surface area contributed by atoms with Crippen LogP contribution in [0, 0.1) is 5.92 Å². The van der Waals surface area contributed by atoms with Gasteiger partial charge in [0, 0.05) is 19.0 Å². The van der Waals surface area contributed by atoms with E-state index in [0.717, 1.165) is 12.8 Å². The van der Waals surface area contributed by atoms with Crippen LogP contribution < -0.4 is 5.32 Å². The van der Waals surface area contributed by atoms with Crippen molar-refractivity contribution in [2.24, 2.45) is 5.92 Å². The molecular formula is C14H24N2O5. The first-order chi connectivity index (χ1) is 9.93. The minimum absolute atomic E-state index is 0.0339. The first-order valence-electron chi connectivity index (χ1n) is 7.35. The Kier molecular flexibility index (Phi) is 6.98. The number of ether oxygens (including phenoxy) is 1. The Balaban J connectivity index is 2.35. The molecule has 1 unspecified atom stereocenters. The van der Waals surface area contributed by atoms with Gasteiger partial charge in [-0.25, -0.2) is 4.79 Å². The molecule has 0 aromatic heterocycles. The highest BCUT2D eigenvalue weighted by atomic mass is 16.5. The summed E-state index contributed by atoms with van der Waals surface area (Å²) >= 11 is 0. The predicted octanol–water partition coefficient (Wildman–Crippen LogP) is 1.22. The lowest BCUT2D eigenvalue weighted by Gasteiger charge is -2.22. The van der Waals surface area contributed by atoms with Gasteiger partial charge in [-0.3, -0.25) is 9.59 Å². The van der Waals surface area contributed by atoms with Crippen LogP contribution in [0.1, 0.15) is 39.5 Å². The van der Waals surface area contributed by atoms with Crippen LogP contribution in [0.25, 0.3) is 0 Å². The maximum absolute atomic E-state index is 12.1. The second-order valence-electron chi connectivity index (χ2n) is 5.39. The number of esters is 1. The number of hydrogen-bond acceptors (Lipinski definition) is 4. The van der Waals surface area contributed by atoms with Gasteiger partial charge < -0.3 is 20.1 Å². The molecule has 120 valence electrons. The average Bonchev–Trinajstić information content (AvgIpc) is 3.24. The van der Waals surface area contributed by atoms with Crippen molar-refractivity contribution < 1.29 is 24.2 Å². The molecule has 7 nitrogen and oxygen atoms in total. The molecule has 0 heterocycles. The highest BCUT2D eigenvalue weighted by molar-refractivity contribution is 5.81. The fourth-order valence-corrected chi connectivity index (χ4v) is 1.93. The third-order valence-corrected chi connectivity index (χ3v) is 3.31. The number of urea groups is 1. The SMILES string of the molecule is CCOC(=O)CN(C(=O)NCC(C)CCC(=O)O)C1CC1. The molecule has 7 heteroatoms. The van der Waals surface area contributed by atoms with Crippen LogP contribution >= 0.6 is 0 Å².